The van der Waals surface area contributed by atoms with E-state index in [1.54, 1.807) is 7.11 Å². The monoisotopic (exact) mass is 1370 g/mol. The van der Waals surface area contributed by atoms with Gasteiger partial charge in [0.05, 0.1) is 72.5 Å². The van der Waals surface area contributed by atoms with E-state index in [0.29, 0.717) is 51.4 Å². The summed E-state index contributed by atoms with van der Waals surface area (Å²) in [6.45, 7) is 47.9. The molecule has 3 spiro atoms. The maximum absolute atomic E-state index is 11.4. The van der Waals surface area contributed by atoms with Gasteiger partial charge >= 0.3 is 0 Å². The quantitative estimate of drug-likeness (QED) is 0.0322. The van der Waals surface area contributed by atoms with E-state index >= 15 is 0 Å². The van der Waals surface area contributed by atoms with Gasteiger partial charge in [-0.05, 0) is 155 Å². The third-order valence-electron chi connectivity index (χ3n) is 24.1. The number of ether oxygens (including phenoxy) is 8. The van der Waals surface area contributed by atoms with E-state index in [9.17, 15) is 15.3 Å². The second-order valence-electron chi connectivity index (χ2n) is 32.1. The molecule has 0 radical (unpaired) electrons. The Morgan fingerprint density at radius 1 is 0.692 bits per heavy atom. The fourth-order valence-electron chi connectivity index (χ4n) is 15.2. The Labute approximate surface area is 563 Å². The third kappa shape index (κ3) is 19.7. The van der Waals surface area contributed by atoms with E-state index in [1.807, 2.05) is 7.11 Å². The summed E-state index contributed by atoms with van der Waals surface area (Å²) >= 11 is 7.52. The highest BCUT2D eigenvalue weighted by atomic mass is 35.5. The summed E-state index contributed by atoms with van der Waals surface area (Å²) in [5.41, 5.74) is 0. The second-order valence-corrected chi connectivity index (χ2v) is 51.6. The molecule has 0 saturated carbocycles. The van der Waals surface area contributed by atoms with Gasteiger partial charge in [0.25, 0.3) is 0 Å². The van der Waals surface area contributed by atoms with Gasteiger partial charge < -0.3 is 70.9 Å². The van der Waals surface area contributed by atoms with Crippen LogP contribution in [0.3, 0.4) is 0 Å². The fraction of sp³-hybridized carbons (Fsp3) is 0.944. The van der Waals surface area contributed by atoms with Crippen molar-refractivity contribution in [2.45, 2.75) is 387 Å². The van der Waals surface area contributed by atoms with Gasteiger partial charge in [0.1, 0.15) is 6.10 Å². The first-order valence-electron chi connectivity index (χ1n) is 36.3. The lowest BCUT2D eigenvalue weighted by Crippen LogP contribution is -2.63. The molecule has 6 heterocycles. The van der Waals surface area contributed by atoms with E-state index < -0.39 is 92.6 Å². The van der Waals surface area contributed by atoms with Crippen LogP contribution in [0.15, 0.2) is 24.8 Å². The van der Waals surface area contributed by atoms with E-state index in [-0.39, 0.29) is 96.1 Å². The Morgan fingerprint density at radius 2 is 1.27 bits per heavy atom. The maximum Gasteiger partial charge on any atom is 0.192 e. The summed E-state index contributed by atoms with van der Waals surface area (Å²) in [6, 6.07) is 5.76. The standard InChI is InChI=1S/C71H135ClO15Si4/c1-23-52(74)43-61-57(75)47-71(81-61)51(10)36-40-70(87-71)48-62(77-18)63(72)58(79-70)34-33-50(9)64(85-90(24-2,25-3)26-4)66(86-91(27-5,28-6)29-7)65-59(76-17)37-41-69(82-65)39-35-49(8)60(80-69)46-56(84-89(21,22)68(14,15)16)45-55(83-88(19,20)67(11,12)13)44-54-32-30-31-53(78-54)38-42-73/h23,35,39,49-66,73-75H,1,24-34,36-38,40-48H2,2-22H3/t49-,50-,51-,52?,53+,54-,55+,56-,57-,58+,59-,60+,61-,62+,63+,64-,65-,66-,69-,70+,71+/m0/s1. The average Bonchev–Trinajstić information content (AvgIpc) is 1.74. The molecule has 532 valence electrons. The number of aliphatic hydroxyl groups is 3. The van der Waals surface area contributed by atoms with E-state index in [2.05, 4.69) is 149 Å². The van der Waals surface area contributed by atoms with Gasteiger partial charge in [0.2, 0.25) is 0 Å². The molecule has 0 aromatic rings. The lowest BCUT2D eigenvalue weighted by Gasteiger charge is -2.54. The van der Waals surface area contributed by atoms with E-state index in [0.717, 1.165) is 74.8 Å². The Balaban J connectivity index is 1.36. The van der Waals surface area contributed by atoms with Gasteiger partial charge in [0, 0.05) is 77.0 Å². The van der Waals surface area contributed by atoms with Crippen molar-refractivity contribution in [2.24, 2.45) is 17.8 Å². The number of alkyl halides is 1. The molecule has 0 aromatic heterocycles. The van der Waals surface area contributed by atoms with Crippen LogP contribution in [0, 0.1) is 17.8 Å². The number of halogens is 1. The molecule has 20 heteroatoms. The van der Waals surface area contributed by atoms with Crippen molar-refractivity contribution in [1.29, 1.82) is 0 Å². The molecule has 21 atom stereocenters. The van der Waals surface area contributed by atoms with Gasteiger partial charge in [-0.3, -0.25) is 0 Å². The Morgan fingerprint density at radius 3 is 1.84 bits per heavy atom. The number of methoxy groups -OCH3 is 2. The summed E-state index contributed by atoms with van der Waals surface area (Å²) in [5, 5.41) is 31.4. The molecule has 15 nitrogen and oxygen atoms in total. The highest BCUT2D eigenvalue weighted by Crippen LogP contribution is 2.54. The topological polar surface area (TPSA) is 171 Å². The lowest BCUT2D eigenvalue weighted by molar-refractivity contribution is -0.414. The first kappa shape index (κ1) is 80.0. The zero-order chi connectivity index (χ0) is 67.8. The molecule has 1 unspecified atom stereocenters. The smallest absolute Gasteiger partial charge is 0.192 e. The van der Waals surface area contributed by atoms with Crippen LogP contribution in [0.1, 0.15) is 207 Å². The largest absolute Gasteiger partial charge is 0.414 e. The Hall–Kier alpha value is 0.0375. The number of hydrogen-bond donors (Lipinski definition) is 3. The van der Waals surface area contributed by atoms with Crippen molar-refractivity contribution in [1.82, 2.24) is 0 Å². The first-order chi connectivity index (χ1) is 42.6. The van der Waals surface area contributed by atoms with Crippen molar-refractivity contribution in [3.63, 3.8) is 0 Å². The SMILES string of the molecule is C=CC(O)C[C@@H]1O[C@]2(C[C@@H]1O)O[C@]1(CC[C@@H]2C)C[C@@H](OC)[C@H](Cl)[C@@H](CC[C@H](C)[C@H](O[Si](CC)(CC)CC)[C@H](O[Si](CC)(CC)CC)[C@H]2O[C@@]3(C=C[C@H](C)[C@@H](C[C@H](C[C@@H](C[C@@H]4CCC[C@H](CCO)O4)O[Si](C)(C)C(C)(C)C)O[Si](C)(C)C(C)(C)C)O3)CC[C@@H]2OC)O1. The third-order valence-corrected chi connectivity index (χ3v) is 43.0. The predicted molar refractivity (Wildman–Crippen MR) is 377 cm³/mol. The molecule has 0 aromatic carbocycles. The van der Waals surface area contributed by atoms with Gasteiger partial charge in [-0.25, -0.2) is 0 Å². The van der Waals surface area contributed by atoms with E-state index in [1.165, 1.54) is 6.08 Å². The zero-order valence-corrected chi connectivity index (χ0v) is 66.0. The van der Waals surface area contributed by atoms with Crippen LogP contribution in [0.2, 0.25) is 72.5 Å². The summed E-state index contributed by atoms with van der Waals surface area (Å²) in [5.74, 6) is -3.22. The zero-order valence-electron chi connectivity index (χ0n) is 61.2. The number of hydrogen-bond acceptors (Lipinski definition) is 15. The maximum atomic E-state index is 11.4. The summed E-state index contributed by atoms with van der Waals surface area (Å²) in [4.78, 5) is 0. The van der Waals surface area contributed by atoms with Gasteiger partial charge in [-0.15, -0.1) is 18.2 Å². The first-order valence-corrected chi connectivity index (χ1v) is 47.7. The van der Waals surface area contributed by atoms with Crippen molar-refractivity contribution < 1.29 is 70.9 Å². The van der Waals surface area contributed by atoms with Crippen LogP contribution in [0.25, 0.3) is 0 Å². The van der Waals surface area contributed by atoms with E-state index in [4.69, 9.17) is 67.2 Å². The van der Waals surface area contributed by atoms with Crippen molar-refractivity contribution in [3.05, 3.63) is 24.8 Å². The molecule has 6 aliphatic heterocycles. The fourth-order valence-corrected chi connectivity index (χ4v) is 24.1. The molecule has 6 aliphatic rings. The minimum absolute atomic E-state index is 0.00776. The molecule has 3 N–H and O–H groups in total. The van der Waals surface area contributed by atoms with Gasteiger partial charge in [-0.1, -0.05) is 116 Å². The number of aliphatic hydroxyl groups excluding tert-OH is 3. The molecule has 91 heavy (non-hydrogen) atoms. The molecule has 0 aliphatic carbocycles. The van der Waals surface area contributed by atoms with Gasteiger partial charge in [0.15, 0.2) is 50.6 Å². The lowest BCUT2D eigenvalue weighted by atomic mass is 9.82. The summed E-state index contributed by atoms with van der Waals surface area (Å²) < 4.78 is 87.4. The minimum atomic E-state index is -2.41. The van der Waals surface area contributed by atoms with Gasteiger partial charge in [-0.2, -0.15) is 0 Å². The average molecular weight is 1380 g/mol. The van der Waals surface area contributed by atoms with Crippen LogP contribution in [0.4, 0.5) is 0 Å². The van der Waals surface area contributed by atoms with Crippen LogP contribution in [-0.4, -0.2) is 178 Å². The Kier molecular flexibility index (Phi) is 29.4. The van der Waals surface area contributed by atoms with Crippen molar-refractivity contribution in [3.8, 4) is 0 Å². The summed E-state index contributed by atoms with van der Waals surface area (Å²) in [6.07, 6.45) is 11.7. The Bertz CT molecular complexity index is 2210. The van der Waals surface area contributed by atoms with Crippen LogP contribution >= 0.6 is 11.6 Å². The number of rotatable bonds is 33. The summed E-state index contributed by atoms with van der Waals surface area (Å²) in [7, 11) is -5.84. The second kappa shape index (κ2) is 33.5. The molecule has 6 rings (SSSR count). The highest BCUT2D eigenvalue weighted by Gasteiger charge is 2.61. The molecule has 5 saturated heterocycles. The molecule has 5 fully saturated rings. The van der Waals surface area contributed by atoms with Crippen LogP contribution < -0.4 is 0 Å². The molecule has 0 bridgehead atoms. The van der Waals surface area contributed by atoms with Crippen LogP contribution in [0.5, 0.6) is 0 Å². The predicted octanol–water partition coefficient (Wildman–Crippen LogP) is 16.3. The normalized spacial score (nSPS) is 35.2. The molecular formula is C71H135ClO15Si4. The van der Waals surface area contributed by atoms with Crippen molar-refractivity contribution >= 4 is 44.9 Å². The molecule has 0 amide bonds. The molecular weight excluding hydrogens is 1240 g/mol. The minimum Gasteiger partial charge on any atom is -0.414 e. The van der Waals surface area contributed by atoms with Crippen molar-refractivity contribution in [2.75, 3.05) is 20.8 Å². The van der Waals surface area contributed by atoms with Crippen LogP contribution in [-0.2, 0) is 55.6 Å². The highest BCUT2D eigenvalue weighted by molar-refractivity contribution is 6.75.